The van der Waals surface area contributed by atoms with E-state index in [1.54, 1.807) is 11.2 Å². The Morgan fingerprint density at radius 2 is 2.09 bits per heavy atom. The number of amides is 1. The summed E-state index contributed by atoms with van der Waals surface area (Å²) in [6.07, 6.45) is 0.229. The van der Waals surface area contributed by atoms with Gasteiger partial charge in [-0.05, 0) is 42.8 Å². The molecule has 1 aromatic rings. The number of carbonyl (C=O) groups excluding carboxylic acids is 1. The number of nitrogens with one attached hydrogen (secondary N) is 1. The summed E-state index contributed by atoms with van der Waals surface area (Å²) in [7, 11) is 0. The number of carbonyl (C=O) groups is 1. The maximum atomic E-state index is 12.5. The first-order chi connectivity index (χ1) is 15.2. The van der Waals surface area contributed by atoms with Crippen molar-refractivity contribution in [2.24, 2.45) is 16.0 Å². The summed E-state index contributed by atoms with van der Waals surface area (Å²) in [5.74, 6) is -0.389. The molecular weight excluding hydrogens is 427 g/mol. The first-order valence-corrected chi connectivity index (χ1v) is 10.1. The number of aliphatic hydroxyl groups excluding tert-OH is 1. The molecule has 0 spiro atoms. The van der Waals surface area contributed by atoms with E-state index in [0.717, 1.165) is 6.08 Å². The molecule has 0 saturated carbocycles. The molecule has 3 heterocycles. The van der Waals surface area contributed by atoms with Crippen molar-refractivity contribution in [2.45, 2.75) is 24.9 Å². The Balaban J connectivity index is 1.62. The van der Waals surface area contributed by atoms with Crippen molar-refractivity contribution in [1.29, 1.82) is 0 Å². The van der Waals surface area contributed by atoms with E-state index >= 15 is 0 Å². The van der Waals surface area contributed by atoms with Gasteiger partial charge in [0.05, 0.1) is 30.0 Å². The summed E-state index contributed by atoms with van der Waals surface area (Å²) in [6, 6.07) is 5.21. The van der Waals surface area contributed by atoms with Crippen molar-refractivity contribution in [2.75, 3.05) is 24.6 Å². The highest BCUT2D eigenvalue weighted by Gasteiger charge is 2.44. The van der Waals surface area contributed by atoms with Crippen LogP contribution >= 0.6 is 0 Å². The first-order valence-electron chi connectivity index (χ1n) is 10.1. The number of aliphatic hydroxyl groups is 1. The van der Waals surface area contributed by atoms with Gasteiger partial charge in [-0.3, -0.25) is 9.69 Å². The molecule has 1 aromatic carbocycles. The lowest BCUT2D eigenvalue weighted by Gasteiger charge is -2.33. The first kappa shape index (κ1) is 22.0. The van der Waals surface area contributed by atoms with Crippen LogP contribution in [0.1, 0.15) is 6.42 Å². The van der Waals surface area contributed by atoms with Gasteiger partial charge in [-0.1, -0.05) is 6.58 Å². The van der Waals surface area contributed by atoms with Gasteiger partial charge in [0.25, 0.3) is 0 Å². The molecule has 3 aliphatic heterocycles. The second-order valence-corrected chi connectivity index (χ2v) is 7.60. The molecule has 3 atom stereocenters. The molecule has 0 aromatic heterocycles. The van der Waals surface area contributed by atoms with Gasteiger partial charge in [0.15, 0.2) is 0 Å². The van der Waals surface area contributed by atoms with E-state index in [9.17, 15) is 23.1 Å². The number of likely N-dealkylation sites (tertiary alicyclic amines) is 1. The number of aliphatic imine (C=N–C) groups is 1. The van der Waals surface area contributed by atoms with Crippen molar-refractivity contribution in [3.63, 3.8) is 0 Å². The maximum Gasteiger partial charge on any atom is 0.573 e. The third-order valence-corrected chi connectivity index (χ3v) is 5.47. The number of benzene rings is 1. The van der Waals surface area contributed by atoms with Gasteiger partial charge in [0.1, 0.15) is 11.6 Å². The number of rotatable bonds is 6. The molecule has 2 unspecified atom stereocenters. The molecule has 0 aliphatic carbocycles. The van der Waals surface area contributed by atoms with E-state index in [1.165, 1.54) is 24.3 Å². The second-order valence-electron chi connectivity index (χ2n) is 7.60. The van der Waals surface area contributed by atoms with Crippen LogP contribution < -0.4 is 15.1 Å². The minimum atomic E-state index is -4.78. The molecule has 1 amide bonds. The summed E-state index contributed by atoms with van der Waals surface area (Å²) in [4.78, 5) is 18.3. The fraction of sp³-hybridized carbons (Fsp3) is 0.381. The molecule has 4 rings (SSSR count). The van der Waals surface area contributed by atoms with Gasteiger partial charge in [-0.15, -0.1) is 13.2 Å². The third kappa shape index (κ3) is 4.68. The Morgan fingerprint density at radius 1 is 1.34 bits per heavy atom. The predicted molar refractivity (Wildman–Crippen MR) is 112 cm³/mol. The molecule has 2 N–H and O–H groups in total. The zero-order chi connectivity index (χ0) is 22.9. The normalized spacial score (nSPS) is 25.2. The van der Waals surface area contributed by atoms with Crippen molar-refractivity contribution in [3.05, 3.63) is 49.2 Å². The van der Waals surface area contributed by atoms with E-state index in [2.05, 4.69) is 31.6 Å². The van der Waals surface area contributed by atoms with Crippen molar-refractivity contribution in [3.8, 4) is 5.75 Å². The highest BCUT2D eigenvalue weighted by atomic mass is 19.4. The number of nitrogens with zero attached hydrogens (tertiary/aromatic N) is 4. The summed E-state index contributed by atoms with van der Waals surface area (Å²) in [6.45, 7) is 4.81. The quantitative estimate of drug-likeness (QED) is 0.649. The molecule has 32 heavy (non-hydrogen) atoms. The molecule has 170 valence electrons. The van der Waals surface area contributed by atoms with Crippen LogP contribution in [0.4, 0.5) is 18.9 Å². The van der Waals surface area contributed by atoms with Crippen LogP contribution in [-0.2, 0) is 4.79 Å². The molecule has 0 bridgehead atoms. The van der Waals surface area contributed by atoms with Crippen molar-refractivity contribution >= 4 is 23.1 Å². The van der Waals surface area contributed by atoms with Crippen LogP contribution in [0.15, 0.2) is 59.3 Å². The Bertz CT molecular complexity index is 974. The fourth-order valence-electron chi connectivity index (χ4n) is 4.07. The van der Waals surface area contributed by atoms with Crippen LogP contribution in [-0.4, -0.2) is 65.6 Å². The summed E-state index contributed by atoms with van der Waals surface area (Å²) < 4.78 is 41.3. The van der Waals surface area contributed by atoms with E-state index in [-0.39, 0.29) is 30.2 Å². The molecule has 8 nitrogen and oxygen atoms in total. The summed E-state index contributed by atoms with van der Waals surface area (Å²) in [5, 5.41) is 18.9. The van der Waals surface area contributed by atoms with Gasteiger partial charge in [0, 0.05) is 25.3 Å². The topological polar surface area (TPSA) is 89.8 Å². The number of halogens is 3. The van der Waals surface area contributed by atoms with Crippen LogP contribution in [0.2, 0.25) is 0 Å². The van der Waals surface area contributed by atoms with Crippen LogP contribution in [0.5, 0.6) is 5.75 Å². The third-order valence-electron chi connectivity index (χ3n) is 5.47. The van der Waals surface area contributed by atoms with Gasteiger partial charge in [0.2, 0.25) is 5.91 Å². The number of anilines is 1. The van der Waals surface area contributed by atoms with Crippen LogP contribution in [0, 0.1) is 5.92 Å². The lowest BCUT2D eigenvalue weighted by atomic mass is 9.90. The van der Waals surface area contributed by atoms with Gasteiger partial charge >= 0.3 is 6.36 Å². The lowest BCUT2D eigenvalue weighted by Crippen LogP contribution is -2.48. The number of fused-ring (bicyclic) bond motifs is 1. The van der Waals surface area contributed by atoms with E-state index in [4.69, 9.17) is 0 Å². The highest BCUT2D eigenvalue weighted by Crippen LogP contribution is 2.34. The molecule has 11 heteroatoms. The lowest BCUT2D eigenvalue weighted by molar-refractivity contribution is -0.274. The predicted octanol–water partition coefficient (Wildman–Crippen LogP) is 2.04. The van der Waals surface area contributed by atoms with E-state index in [1.807, 2.05) is 6.08 Å². The van der Waals surface area contributed by atoms with Gasteiger partial charge in [-0.2, -0.15) is 5.10 Å². The Labute approximate surface area is 182 Å². The zero-order valence-corrected chi connectivity index (χ0v) is 17.0. The monoisotopic (exact) mass is 449 g/mol. The minimum absolute atomic E-state index is 0.128. The Hall–Kier alpha value is -3.18. The number of amidine groups is 1. The number of hydrazone groups is 1. The van der Waals surface area contributed by atoms with Gasteiger partial charge in [-0.25, -0.2) is 10.0 Å². The molecule has 1 saturated heterocycles. The zero-order valence-electron chi connectivity index (χ0n) is 17.0. The van der Waals surface area contributed by atoms with Crippen molar-refractivity contribution in [1.82, 2.24) is 10.2 Å². The smallest absolute Gasteiger partial charge is 0.406 e. The molecular formula is C21H22F3N5O3. The SMILES string of the molecule is C=CC(=O)NCC1=NN(c2ccc(OC(F)(F)F)cc2)C2=NC=CC(N3CC[C@H](O)C3)C12. The maximum absolute atomic E-state index is 12.5. The molecule has 0 radical (unpaired) electrons. The number of alkyl halides is 3. The second kappa shape index (κ2) is 8.75. The summed E-state index contributed by atoms with van der Waals surface area (Å²) >= 11 is 0. The fourth-order valence-corrected chi connectivity index (χ4v) is 4.07. The minimum Gasteiger partial charge on any atom is -0.406 e. The van der Waals surface area contributed by atoms with Crippen molar-refractivity contribution < 1.29 is 27.8 Å². The number of β-amino-alcohol motifs (C(OH)–C–C–N with tert-alkyl or cyclic N) is 1. The average Bonchev–Trinajstić information content (AvgIpc) is 3.35. The van der Waals surface area contributed by atoms with E-state index < -0.39 is 12.5 Å². The number of hydrogen-bond donors (Lipinski definition) is 2. The van der Waals surface area contributed by atoms with E-state index in [0.29, 0.717) is 36.7 Å². The standard InChI is InChI=1S/C21H22F3N5O3/c1-2-18(31)26-11-16-19-17(28-10-8-14(30)12-28)7-9-25-20(19)29(27-16)13-3-5-15(6-4-13)32-21(22,23)24/h2-7,9,14,17,19,30H,1,8,10-12H2,(H,26,31)/t14-,17?,19?/m0/s1. The molecule has 3 aliphatic rings. The molecule has 1 fully saturated rings. The van der Waals surface area contributed by atoms with Crippen LogP contribution in [0.3, 0.4) is 0 Å². The van der Waals surface area contributed by atoms with Gasteiger partial charge < -0.3 is 15.2 Å². The largest absolute Gasteiger partial charge is 0.573 e. The average molecular weight is 449 g/mol. The summed E-state index contributed by atoms with van der Waals surface area (Å²) in [5.41, 5.74) is 1.15. The van der Waals surface area contributed by atoms with Crippen LogP contribution in [0.25, 0.3) is 0 Å². The highest BCUT2D eigenvalue weighted by molar-refractivity contribution is 6.20. The Kier molecular flexibility index (Phi) is 6.02. The number of ether oxygens (including phenoxy) is 1. The Morgan fingerprint density at radius 3 is 2.72 bits per heavy atom. The number of hydrogen-bond acceptors (Lipinski definition) is 7.